The molecule has 0 aromatic heterocycles. The number of hydrogen-bond acceptors (Lipinski definition) is 44. The quantitative estimate of drug-likeness (QED) is 0.0129. The van der Waals surface area contributed by atoms with Gasteiger partial charge in [-0.05, 0) is 81.8 Å². The van der Waals surface area contributed by atoms with E-state index in [0.717, 1.165) is 45.0 Å². The van der Waals surface area contributed by atoms with Crippen molar-refractivity contribution in [3.05, 3.63) is 193 Å². The van der Waals surface area contributed by atoms with Crippen molar-refractivity contribution in [3.63, 3.8) is 0 Å². The van der Waals surface area contributed by atoms with Gasteiger partial charge in [0.25, 0.3) is 56.5 Å². The number of carboxylic acid groups (broad SMARTS) is 3. The van der Waals surface area contributed by atoms with Gasteiger partial charge >= 0.3 is 60.0 Å². The van der Waals surface area contributed by atoms with Crippen LogP contribution in [0.4, 0.5) is 68.2 Å². The van der Waals surface area contributed by atoms with Gasteiger partial charge in [-0.25, -0.2) is 14.4 Å². The van der Waals surface area contributed by atoms with Gasteiger partial charge in [-0.3, -0.25) is 89.5 Å². The molecule has 0 aliphatic rings. The summed E-state index contributed by atoms with van der Waals surface area (Å²) in [4.78, 5) is 159. The molecular formula is C60H47B3ClN21O29. The van der Waals surface area contributed by atoms with E-state index in [-0.39, 0.29) is 79.1 Å². The number of carbonyl (C=O) groups is 9. The van der Waals surface area contributed by atoms with Crippen LogP contribution in [0.5, 0.6) is 11.5 Å². The third-order valence-electron chi connectivity index (χ3n) is 12.3. The fraction of sp³-hybridized carbons (Fsp3) is 0.200. The lowest BCUT2D eigenvalue weighted by Gasteiger charge is -2.06. The lowest BCUT2D eigenvalue weighted by molar-refractivity contribution is -0.385. The first-order chi connectivity index (χ1) is 55.3. The van der Waals surface area contributed by atoms with Crippen molar-refractivity contribution in [3.8, 4) is 29.7 Å². The summed E-state index contributed by atoms with van der Waals surface area (Å²) < 4.78 is 40.7. The molecule has 0 aliphatic carbocycles. The smallest absolute Gasteiger partial charge is 0.378 e. The molecular weight excluding hydrogens is 1550 g/mol. The number of ketones is 3. The van der Waals surface area contributed by atoms with Gasteiger partial charge < -0.3 is 38.8 Å². The van der Waals surface area contributed by atoms with Crippen molar-refractivity contribution in [2.75, 3.05) is 14.2 Å². The minimum Gasteiger partial charge on any atom is -0.541 e. The molecule has 54 heteroatoms. The number of carbonyl (C=O) groups excluding carboxylic acids is 6. The minimum absolute atomic E-state index is 0.0466. The monoisotopic (exact) mass is 1600 g/mol. The molecule has 582 valence electrons. The number of Topliss-reactive ketones (excluding diaryl/α,β-unsaturated/α-hetero) is 3. The maximum Gasteiger partial charge on any atom is 0.378 e. The Morgan fingerprint density at radius 3 is 0.939 bits per heavy atom. The van der Waals surface area contributed by atoms with Crippen molar-refractivity contribution in [2.24, 2.45) is 61.4 Å². The molecule has 0 spiro atoms. The minimum atomic E-state index is -1.59. The molecule has 6 unspecified atom stereocenters. The van der Waals surface area contributed by atoms with E-state index in [1.165, 1.54) is 129 Å². The zero-order valence-corrected chi connectivity index (χ0v) is 59.1. The number of benzene rings is 6. The van der Waals surface area contributed by atoms with Crippen LogP contribution in [-0.4, -0.2) is 173 Å². The van der Waals surface area contributed by atoms with Gasteiger partial charge in [-0.2, -0.15) is 77.2 Å². The number of nitrogens with zero attached hydrogens (tertiary/aromatic N) is 21. The van der Waals surface area contributed by atoms with E-state index in [9.17, 15) is 104 Å². The maximum absolute atomic E-state index is 11.2. The number of ether oxygens (including phenoxy) is 2. The number of hydrogen-bond donors (Lipinski definition) is 3. The lowest BCUT2D eigenvalue weighted by atomic mass is 10.2. The highest BCUT2D eigenvalue weighted by Crippen LogP contribution is 2.34. The van der Waals surface area contributed by atoms with Crippen LogP contribution in [0.3, 0.4) is 0 Å². The Morgan fingerprint density at radius 1 is 0.404 bits per heavy atom. The van der Waals surface area contributed by atoms with Crippen molar-refractivity contribution < 1.29 is 111 Å². The van der Waals surface area contributed by atoms with Crippen LogP contribution in [0.1, 0.15) is 26.3 Å². The third kappa shape index (κ3) is 32.8. The predicted octanol–water partition coefficient (Wildman–Crippen LogP) is 9.73. The summed E-state index contributed by atoms with van der Waals surface area (Å²) in [6, 6.07) is 19.9. The number of non-ortho nitro benzene ring substituents is 6. The number of aliphatic carboxylic acids is 3. The molecule has 6 aromatic rings. The van der Waals surface area contributed by atoms with E-state index in [2.05, 4.69) is 115 Å². The molecule has 6 radical (unpaired) electrons. The molecule has 0 saturated heterocycles. The summed E-state index contributed by atoms with van der Waals surface area (Å²) in [6.45, 7) is 4.98. The largest absolute Gasteiger partial charge is 0.541 e. The number of carboxylic acids is 3. The third-order valence-corrected chi connectivity index (χ3v) is 12.6. The van der Waals surface area contributed by atoms with Crippen molar-refractivity contribution >= 4 is 157 Å². The molecule has 3 N–H and O–H groups in total. The molecule has 6 rings (SSSR count). The molecule has 114 heavy (non-hydrogen) atoms. The highest BCUT2D eigenvalue weighted by atomic mass is 35.5. The Morgan fingerprint density at radius 2 is 0.658 bits per heavy atom. The molecule has 0 saturated carbocycles. The number of nitro benzene ring substituents is 6. The molecule has 0 bridgehead atoms. The molecule has 0 fully saturated rings. The summed E-state index contributed by atoms with van der Waals surface area (Å²) in [6.07, 6.45) is 0. The standard InChI is InChI=1S/C11H10BN3O6.C11H10BN3O5.C10H8BN3O5.C10H8N4O5.C9H5ClN4O4.C9H6N4O4/c1-6(16)10(11(17)21-12)14-13-8-4-3-7(15(18)19)5-9(8)20-2;1-6-5-8(15(18)19)3-4-9(6)13-14-10(7(2)16)11(17)20-12;1-6(15)9(10(16)19-11)13-12-7-2-4-8(5-3-7)14(17)18;1-19-9-4-6(14(17)18)2-3-7(9)12-13-8(5-11)10(15)16;10-6-3-5(14(17)18)1-2-7(6)12-13-8(4-11)9(15)16;10-5-8(9(14)15)12-11-6-1-3-7(4-2-6)13(16)17/h3-5,10H,1-2H3;3-5,10H,1-2H3;2-5,9H,1H3;2-4,8H,1H3,(H,15,16);1-3,8H,(H,15,16);1-4,8H,(H,14,15)/i/hD3. The van der Waals surface area contributed by atoms with Gasteiger partial charge in [0.2, 0.25) is 18.1 Å². The Kier molecular flexibility index (Phi) is 38.6. The number of nitro groups is 6. The van der Waals surface area contributed by atoms with Gasteiger partial charge in [-0.15, -0.1) is 0 Å². The fourth-order valence-electron chi connectivity index (χ4n) is 6.75. The molecule has 6 atom stereocenters. The Balaban J connectivity index is 0.000000702. The number of nitriles is 3. The van der Waals surface area contributed by atoms with Crippen LogP contribution in [0, 0.1) is 102 Å². The first-order valence-electron chi connectivity index (χ1n) is 30.8. The molecule has 0 aliphatic heterocycles. The summed E-state index contributed by atoms with van der Waals surface area (Å²) in [7, 11) is 16.6. The zero-order chi connectivity index (χ0) is 88.8. The number of halogens is 1. The zero-order valence-electron chi connectivity index (χ0n) is 61.4. The van der Waals surface area contributed by atoms with E-state index in [4.69, 9.17) is 41.2 Å². The van der Waals surface area contributed by atoms with E-state index in [1.807, 2.05) is 0 Å². The van der Waals surface area contributed by atoms with Gasteiger partial charge in [0.15, 0.2) is 28.8 Å². The molecule has 6 aromatic carbocycles. The maximum atomic E-state index is 11.2. The first kappa shape index (κ1) is 90.1. The second kappa shape index (κ2) is 48.8. The number of methoxy groups -OCH3 is 2. The van der Waals surface area contributed by atoms with E-state index >= 15 is 0 Å². The van der Waals surface area contributed by atoms with Crippen LogP contribution in [-0.2, 0) is 57.1 Å². The van der Waals surface area contributed by atoms with Crippen molar-refractivity contribution in [1.29, 1.82) is 20.1 Å². The van der Waals surface area contributed by atoms with Gasteiger partial charge in [0.1, 0.15) is 35.3 Å². The first-order valence-corrected chi connectivity index (χ1v) is 29.9. The number of azo groups is 6. The lowest BCUT2D eigenvalue weighted by Crippen LogP contribution is -2.27. The van der Waals surface area contributed by atoms with Gasteiger partial charge in [-0.1, -0.05) is 11.6 Å². The van der Waals surface area contributed by atoms with Crippen LogP contribution >= 0.6 is 11.6 Å². The van der Waals surface area contributed by atoms with E-state index in [1.54, 1.807) is 6.92 Å². The summed E-state index contributed by atoms with van der Waals surface area (Å²) in [5.74, 6) is -8.30. The summed E-state index contributed by atoms with van der Waals surface area (Å²) in [5.41, 5.74) is 0.564. The second-order valence-corrected chi connectivity index (χ2v) is 20.5. The SMILES string of the molecule is [2H]OC(=O)C(C#N)N=Nc1ccc([N+](=O)[O-])cc1.[2H]OC(=O)C(C#N)N=Nc1ccc([N+](=O)[O-])cc1Cl.[2H]OC(=O)C(C#N)N=Nc1ccc([N+](=O)[O-])cc1OC.[B]OC(=O)C(N=Nc1ccc([N+](=O)[O-])cc1)C(C)=O.[B]OC(=O)C(N=Nc1ccc([N+](=O)[O-])cc1C)C(C)=O.[B]OC(=O)C(N=Nc1ccc([N+](=O)[O-])cc1OC)C(C)=O. The van der Waals surface area contributed by atoms with Gasteiger partial charge in [0.05, 0.1) is 78.0 Å². The predicted molar refractivity (Wildman–Crippen MR) is 379 cm³/mol. The molecule has 50 nitrogen and oxygen atoms in total. The normalized spacial score (nSPS) is 12.2. The Labute approximate surface area is 648 Å². The second-order valence-electron chi connectivity index (χ2n) is 20.1. The van der Waals surface area contributed by atoms with Crippen molar-refractivity contribution in [2.45, 2.75) is 63.9 Å². The summed E-state index contributed by atoms with van der Waals surface area (Å²) in [5, 5.41) is 142. The number of rotatable bonds is 29. The van der Waals surface area contributed by atoms with Crippen molar-refractivity contribution in [1.82, 2.24) is 0 Å². The van der Waals surface area contributed by atoms with Crippen LogP contribution in [0.15, 0.2) is 183 Å². The summed E-state index contributed by atoms with van der Waals surface area (Å²) >= 11 is 5.72. The average molecular weight is 1600 g/mol. The average Bonchev–Trinajstić information content (AvgIpc) is 0.832. The van der Waals surface area contributed by atoms with E-state index < -0.39 is 119 Å². The topological polar surface area (TPSA) is 739 Å². The van der Waals surface area contributed by atoms with Crippen LogP contribution in [0.2, 0.25) is 5.02 Å². The number of aryl methyl sites for hydroxylation is 1. The van der Waals surface area contributed by atoms with Crippen LogP contribution < -0.4 is 9.47 Å². The highest BCUT2D eigenvalue weighted by molar-refractivity contribution is 6.33. The van der Waals surface area contributed by atoms with Crippen LogP contribution in [0.25, 0.3) is 4.29 Å². The fourth-order valence-corrected chi connectivity index (χ4v) is 6.96. The Hall–Kier alpha value is -16.3. The Bertz CT molecular complexity index is 5020. The van der Waals surface area contributed by atoms with Gasteiger partial charge in [0, 0.05) is 60.7 Å². The molecule has 0 heterocycles. The molecule has 0 amide bonds. The highest BCUT2D eigenvalue weighted by Gasteiger charge is 2.27. The van der Waals surface area contributed by atoms with E-state index in [0.29, 0.717) is 11.3 Å².